The molecular weight excluding hydrogens is 331 g/mol. The maximum Gasteiger partial charge on any atom is 0.251 e. The lowest BCUT2D eigenvalue weighted by Gasteiger charge is -2.19. The standard InChI is InChI=1S/C21H25FN2O2/c1-14(19(25)23-13-16-7-5-6-8-18(16)22)24-20(26)15-9-11-17(12-10-15)21(2,3)4/h5-12,14H,13H2,1-4H3,(H,23,25)(H,24,26)/t14-/m0/s1. The Morgan fingerprint density at radius 1 is 1.04 bits per heavy atom. The molecule has 2 aromatic carbocycles. The largest absolute Gasteiger partial charge is 0.350 e. The molecule has 26 heavy (non-hydrogen) atoms. The second-order valence-electron chi connectivity index (χ2n) is 7.33. The number of halogens is 1. The molecule has 2 rings (SSSR count). The second kappa shape index (κ2) is 8.13. The van der Waals surface area contributed by atoms with Crippen LogP contribution < -0.4 is 10.6 Å². The van der Waals surface area contributed by atoms with Crippen LogP contribution in [0.5, 0.6) is 0 Å². The van der Waals surface area contributed by atoms with Gasteiger partial charge in [0, 0.05) is 17.7 Å². The molecule has 0 fully saturated rings. The van der Waals surface area contributed by atoms with Crippen LogP contribution in [-0.2, 0) is 16.8 Å². The fourth-order valence-corrected chi connectivity index (χ4v) is 2.44. The molecule has 0 aliphatic carbocycles. The molecule has 5 heteroatoms. The summed E-state index contributed by atoms with van der Waals surface area (Å²) in [6, 6.07) is 12.8. The summed E-state index contributed by atoms with van der Waals surface area (Å²) in [5.41, 5.74) is 2.03. The molecule has 0 aliphatic heterocycles. The number of nitrogens with one attached hydrogen (secondary N) is 2. The summed E-state index contributed by atoms with van der Waals surface area (Å²) in [7, 11) is 0. The van der Waals surface area contributed by atoms with Crippen molar-refractivity contribution >= 4 is 11.8 Å². The van der Waals surface area contributed by atoms with Crippen LogP contribution in [0.3, 0.4) is 0 Å². The Bertz CT molecular complexity index is 779. The molecule has 2 amide bonds. The summed E-state index contributed by atoms with van der Waals surface area (Å²) in [5, 5.41) is 5.29. The summed E-state index contributed by atoms with van der Waals surface area (Å²) in [6.45, 7) is 7.97. The summed E-state index contributed by atoms with van der Waals surface area (Å²) in [4.78, 5) is 24.4. The van der Waals surface area contributed by atoms with E-state index in [2.05, 4.69) is 31.4 Å². The number of amides is 2. The Morgan fingerprint density at radius 3 is 2.23 bits per heavy atom. The van der Waals surface area contributed by atoms with Crippen molar-refractivity contribution in [2.24, 2.45) is 0 Å². The maximum atomic E-state index is 13.6. The molecule has 0 unspecified atom stereocenters. The van der Waals surface area contributed by atoms with Gasteiger partial charge in [-0.05, 0) is 36.1 Å². The zero-order valence-corrected chi connectivity index (χ0v) is 15.6. The smallest absolute Gasteiger partial charge is 0.251 e. The second-order valence-corrected chi connectivity index (χ2v) is 7.33. The predicted molar refractivity (Wildman–Crippen MR) is 100 cm³/mol. The topological polar surface area (TPSA) is 58.2 Å². The van der Waals surface area contributed by atoms with E-state index in [1.54, 1.807) is 37.3 Å². The lowest BCUT2D eigenvalue weighted by atomic mass is 9.86. The first-order valence-electron chi connectivity index (χ1n) is 8.61. The van der Waals surface area contributed by atoms with Crippen molar-refractivity contribution in [2.75, 3.05) is 0 Å². The van der Waals surface area contributed by atoms with Crippen molar-refractivity contribution in [1.82, 2.24) is 10.6 Å². The zero-order chi connectivity index (χ0) is 19.3. The zero-order valence-electron chi connectivity index (χ0n) is 15.6. The van der Waals surface area contributed by atoms with Crippen LogP contribution in [0.2, 0.25) is 0 Å². The summed E-state index contributed by atoms with van der Waals surface area (Å²) < 4.78 is 13.6. The highest BCUT2D eigenvalue weighted by atomic mass is 19.1. The van der Waals surface area contributed by atoms with Gasteiger partial charge in [-0.1, -0.05) is 51.1 Å². The normalized spacial score (nSPS) is 12.3. The molecule has 0 aliphatic rings. The summed E-state index contributed by atoms with van der Waals surface area (Å²) in [5.74, 6) is -1.06. The Kier molecular flexibility index (Phi) is 6.14. The van der Waals surface area contributed by atoms with Gasteiger partial charge in [-0.2, -0.15) is 0 Å². The van der Waals surface area contributed by atoms with E-state index in [0.717, 1.165) is 5.56 Å². The molecule has 0 heterocycles. The van der Waals surface area contributed by atoms with Gasteiger partial charge in [0.2, 0.25) is 5.91 Å². The van der Waals surface area contributed by atoms with E-state index in [1.807, 2.05) is 12.1 Å². The van der Waals surface area contributed by atoms with E-state index in [9.17, 15) is 14.0 Å². The van der Waals surface area contributed by atoms with Crippen LogP contribution in [0.4, 0.5) is 4.39 Å². The van der Waals surface area contributed by atoms with Gasteiger partial charge in [-0.15, -0.1) is 0 Å². The van der Waals surface area contributed by atoms with E-state index in [0.29, 0.717) is 11.1 Å². The van der Waals surface area contributed by atoms with Crippen molar-refractivity contribution in [1.29, 1.82) is 0 Å². The Morgan fingerprint density at radius 2 is 1.65 bits per heavy atom. The molecular formula is C21H25FN2O2. The molecule has 2 aromatic rings. The van der Waals surface area contributed by atoms with Crippen molar-refractivity contribution in [2.45, 2.75) is 45.7 Å². The Labute approximate surface area is 153 Å². The van der Waals surface area contributed by atoms with Gasteiger partial charge in [0.1, 0.15) is 11.9 Å². The lowest BCUT2D eigenvalue weighted by molar-refractivity contribution is -0.122. The summed E-state index contributed by atoms with van der Waals surface area (Å²) in [6.07, 6.45) is 0. The van der Waals surface area contributed by atoms with Crippen LogP contribution in [-0.4, -0.2) is 17.9 Å². The third-order valence-corrected chi connectivity index (χ3v) is 4.16. The van der Waals surface area contributed by atoms with E-state index >= 15 is 0 Å². The van der Waals surface area contributed by atoms with Gasteiger partial charge in [0.25, 0.3) is 5.91 Å². The maximum absolute atomic E-state index is 13.6. The van der Waals surface area contributed by atoms with Crippen LogP contribution in [0, 0.1) is 5.82 Å². The van der Waals surface area contributed by atoms with E-state index in [-0.39, 0.29) is 29.6 Å². The fraction of sp³-hybridized carbons (Fsp3) is 0.333. The SMILES string of the molecule is C[C@H](NC(=O)c1ccc(C(C)(C)C)cc1)C(=O)NCc1ccccc1F. The highest BCUT2D eigenvalue weighted by molar-refractivity contribution is 5.97. The molecule has 2 N–H and O–H groups in total. The van der Waals surface area contributed by atoms with Gasteiger partial charge >= 0.3 is 0 Å². The highest BCUT2D eigenvalue weighted by Crippen LogP contribution is 2.22. The molecule has 1 atom stereocenters. The average Bonchev–Trinajstić information content (AvgIpc) is 2.60. The third-order valence-electron chi connectivity index (χ3n) is 4.16. The quantitative estimate of drug-likeness (QED) is 0.861. The molecule has 0 saturated carbocycles. The fourth-order valence-electron chi connectivity index (χ4n) is 2.44. The number of hydrogen-bond acceptors (Lipinski definition) is 2. The van der Waals surface area contributed by atoms with Crippen LogP contribution in [0.25, 0.3) is 0 Å². The minimum atomic E-state index is -0.725. The number of hydrogen-bond donors (Lipinski definition) is 2. The molecule has 138 valence electrons. The molecule has 4 nitrogen and oxygen atoms in total. The number of rotatable bonds is 5. The van der Waals surface area contributed by atoms with Crippen LogP contribution in [0.15, 0.2) is 48.5 Å². The van der Waals surface area contributed by atoms with E-state index in [4.69, 9.17) is 0 Å². The Balaban J connectivity index is 1.91. The molecule has 0 bridgehead atoms. The molecule has 0 radical (unpaired) electrons. The Hall–Kier alpha value is -2.69. The average molecular weight is 356 g/mol. The monoisotopic (exact) mass is 356 g/mol. The van der Waals surface area contributed by atoms with Crippen molar-refractivity contribution < 1.29 is 14.0 Å². The minimum absolute atomic E-state index is 0.00883. The predicted octanol–water partition coefficient (Wildman–Crippen LogP) is 3.56. The number of benzene rings is 2. The first kappa shape index (κ1) is 19.6. The van der Waals surface area contributed by atoms with Crippen molar-refractivity contribution in [3.05, 3.63) is 71.0 Å². The van der Waals surface area contributed by atoms with Gasteiger partial charge in [0.05, 0.1) is 0 Å². The van der Waals surface area contributed by atoms with Crippen molar-refractivity contribution in [3.8, 4) is 0 Å². The van der Waals surface area contributed by atoms with Crippen LogP contribution >= 0.6 is 0 Å². The first-order valence-corrected chi connectivity index (χ1v) is 8.61. The van der Waals surface area contributed by atoms with Crippen LogP contribution in [0.1, 0.15) is 49.2 Å². The molecule has 0 aromatic heterocycles. The molecule has 0 saturated heterocycles. The third kappa shape index (κ3) is 5.15. The summed E-state index contributed by atoms with van der Waals surface area (Å²) >= 11 is 0. The molecule has 0 spiro atoms. The van der Waals surface area contributed by atoms with Gasteiger partial charge < -0.3 is 10.6 Å². The minimum Gasteiger partial charge on any atom is -0.350 e. The lowest BCUT2D eigenvalue weighted by Crippen LogP contribution is -2.44. The van der Waals surface area contributed by atoms with Gasteiger partial charge in [-0.25, -0.2) is 4.39 Å². The van der Waals surface area contributed by atoms with Gasteiger partial charge in [-0.3, -0.25) is 9.59 Å². The van der Waals surface area contributed by atoms with Crippen molar-refractivity contribution in [3.63, 3.8) is 0 Å². The van der Waals surface area contributed by atoms with E-state index < -0.39 is 6.04 Å². The number of carbonyl (C=O) groups is 2. The van der Waals surface area contributed by atoms with E-state index in [1.165, 1.54) is 6.07 Å². The highest BCUT2D eigenvalue weighted by Gasteiger charge is 2.18. The number of carbonyl (C=O) groups excluding carboxylic acids is 2. The first-order chi connectivity index (χ1) is 12.2. The van der Waals surface area contributed by atoms with Gasteiger partial charge in [0.15, 0.2) is 0 Å².